The van der Waals surface area contributed by atoms with Gasteiger partial charge in [0.15, 0.2) is 5.12 Å². The Kier molecular flexibility index (Phi) is 4.29. The van der Waals surface area contributed by atoms with Gasteiger partial charge >= 0.3 is 0 Å². The summed E-state index contributed by atoms with van der Waals surface area (Å²) in [4.78, 5) is 28.7. The van der Waals surface area contributed by atoms with Crippen LogP contribution in [0.25, 0.3) is 0 Å². The Labute approximate surface area is 122 Å². The molecule has 1 fully saturated rings. The van der Waals surface area contributed by atoms with E-state index in [1.807, 2.05) is 0 Å². The van der Waals surface area contributed by atoms with Gasteiger partial charge in [-0.2, -0.15) is 0 Å². The van der Waals surface area contributed by atoms with Crippen molar-refractivity contribution in [1.29, 1.82) is 0 Å². The van der Waals surface area contributed by atoms with Crippen LogP contribution in [0, 0.1) is 0 Å². The van der Waals surface area contributed by atoms with E-state index in [-0.39, 0.29) is 16.3 Å². The van der Waals surface area contributed by atoms with Gasteiger partial charge < -0.3 is 4.90 Å². The van der Waals surface area contributed by atoms with Gasteiger partial charge in [0.25, 0.3) is 0 Å². The highest BCUT2D eigenvalue weighted by molar-refractivity contribution is 9.10. The molecule has 1 aliphatic heterocycles. The lowest BCUT2D eigenvalue weighted by molar-refractivity contribution is -0.117. The van der Waals surface area contributed by atoms with E-state index in [4.69, 9.17) is 11.6 Å². The SMILES string of the molecule is CC(=O)SC1CC(=O)N(c2ccc(Cl)nc2Br)C1. The Bertz CT molecular complexity index is 512. The number of rotatable bonds is 2. The molecule has 1 aromatic rings. The smallest absolute Gasteiger partial charge is 0.228 e. The third-order valence-electron chi connectivity index (χ3n) is 2.51. The van der Waals surface area contributed by atoms with Crippen LogP contribution in [0.5, 0.6) is 0 Å². The molecule has 7 heteroatoms. The quantitative estimate of drug-likeness (QED) is 0.770. The number of halogens is 2. The molecule has 2 heterocycles. The van der Waals surface area contributed by atoms with Crippen molar-refractivity contribution >= 4 is 56.0 Å². The van der Waals surface area contributed by atoms with Crippen LogP contribution in [0.15, 0.2) is 16.7 Å². The number of anilines is 1. The first-order valence-corrected chi connectivity index (χ1v) is 7.32. The Balaban J connectivity index is 2.19. The molecule has 0 bridgehead atoms. The fourth-order valence-corrected chi connectivity index (χ4v) is 3.53. The summed E-state index contributed by atoms with van der Waals surface area (Å²) in [5.41, 5.74) is 0.691. The molecule has 1 aromatic heterocycles. The summed E-state index contributed by atoms with van der Waals surface area (Å²) >= 11 is 10.3. The van der Waals surface area contributed by atoms with E-state index in [2.05, 4.69) is 20.9 Å². The van der Waals surface area contributed by atoms with E-state index in [1.54, 1.807) is 17.0 Å². The van der Waals surface area contributed by atoms with Gasteiger partial charge in [0.05, 0.1) is 5.69 Å². The van der Waals surface area contributed by atoms with Gasteiger partial charge in [0.1, 0.15) is 9.76 Å². The van der Waals surface area contributed by atoms with Crippen LogP contribution in [-0.4, -0.2) is 27.8 Å². The lowest BCUT2D eigenvalue weighted by atomic mass is 10.4. The van der Waals surface area contributed by atoms with Crippen LogP contribution in [0.4, 0.5) is 5.69 Å². The second-order valence-corrected chi connectivity index (χ2v) is 6.50. The van der Waals surface area contributed by atoms with Gasteiger partial charge in [-0.05, 0) is 28.1 Å². The molecular formula is C11H10BrClN2O2S. The minimum atomic E-state index is -0.00132. The molecule has 0 aliphatic carbocycles. The zero-order chi connectivity index (χ0) is 13.3. The molecule has 96 valence electrons. The molecule has 1 saturated heterocycles. The van der Waals surface area contributed by atoms with Gasteiger partial charge in [-0.3, -0.25) is 9.59 Å². The Morgan fingerprint density at radius 2 is 2.33 bits per heavy atom. The third-order valence-corrected chi connectivity index (χ3v) is 4.28. The first-order chi connectivity index (χ1) is 8.47. The molecule has 4 nitrogen and oxygen atoms in total. The molecule has 1 atom stereocenters. The van der Waals surface area contributed by atoms with Crippen LogP contribution >= 0.6 is 39.3 Å². The van der Waals surface area contributed by atoms with Crippen molar-refractivity contribution in [3.8, 4) is 0 Å². The lowest BCUT2D eigenvalue weighted by Gasteiger charge is -2.17. The van der Waals surface area contributed by atoms with Crippen LogP contribution < -0.4 is 4.90 Å². The predicted octanol–water partition coefficient (Wildman–Crippen LogP) is 2.88. The summed E-state index contributed by atoms with van der Waals surface area (Å²) in [5, 5.41) is 0.410. The summed E-state index contributed by atoms with van der Waals surface area (Å²) in [7, 11) is 0. The fourth-order valence-electron chi connectivity index (χ4n) is 1.83. The summed E-state index contributed by atoms with van der Waals surface area (Å²) in [6.07, 6.45) is 0.374. The van der Waals surface area contributed by atoms with Crippen LogP contribution in [0.2, 0.25) is 5.15 Å². The Morgan fingerprint density at radius 1 is 1.61 bits per heavy atom. The minimum absolute atomic E-state index is 0.00132. The Hall–Kier alpha value is -0.590. The topological polar surface area (TPSA) is 50.3 Å². The molecule has 1 aliphatic rings. The second kappa shape index (κ2) is 5.59. The van der Waals surface area contributed by atoms with E-state index >= 15 is 0 Å². The first-order valence-electron chi connectivity index (χ1n) is 5.27. The monoisotopic (exact) mass is 348 g/mol. The third kappa shape index (κ3) is 3.05. The molecule has 0 N–H and O–H groups in total. The maximum absolute atomic E-state index is 11.9. The average Bonchev–Trinajstić information content (AvgIpc) is 2.58. The largest absolute Gasteiger partial charge is 0.309 e. The maximum Gasteiger partial charge on any atom is 0.228 e. The zero-order valence-corrected chi connectivity index (χ0v) is 12.7. The molecule has 0 aromatic carbocycles. The number of hydrogen-bond acceptors (Lipinski definition) is 4. The normalized spacial score (nSPS) is 19.4. The number of thioether (sulfide) groups is 1. The van der Waals surface area contributed by atoms with Crippen molar-refractivity contribution < 1.29 is 9.59 Å². The van der Waals surface area contributed by atoms with Crippen molar-refractivity contribution in [2.24, 2.45) is 0 Å². The number of pyridine rings is 1. The number of carbonyl (C=O) groups excluding carboxylic acids is 2. The van der Waals surface area contributed by atoms with E-state index in [1.165, 1.54) is 18.7 Å². The molecule has 0 spiro atoms. The van der Waals surface area contributed by atoms with Gasteiger partial charge in [-0.25, -0.2) is 4.98 Å². The summed E-state index contributed by atoms with van der Waals surface area (Å²) in [5.74, 6) is -0.00132. The fraction of sp³-hybridized carbons (Fsp3) is 0.364. The van der Waals surface area contributed by atoms with Crippen molar-refractivity contribution in [1.82, 2.24) is 4.98 Å². The van der Waals surface area contributed by atoms with Crippen molar-refractivity contribution in [3.05, 3.63) is 21.9 Å². The van der Waals surface area contributed by atoms with E-state index in [0.29, 0.717) is 28.4 Å². The average molecular weight is 350 g/mol. The zero-order valence-electron chi connectivity index (χ0n) is 9.52. The molecule has 18 heavy (non-hydrogen) atoms. The molecule has 1 unspecified atom stereocenters. The van der Waals surface area contributed by atoms with Crippen molar-refractivity contribution in [2.75, 3.05) is 11.4 Å². The molecule has 0 saturated carbocycles. The minimum Gasteiger partial charge on any atom is -0.309 e. The summed E-state index contributed by atoms with van der Waals surface area (Å²) < 4.78 is 0.539. The van der Waals surface area contributed by atoms with E-state index in [9.17, 15) is 9.59 Å². The molecule has 0 radical (unpaired) electrons. The standard InChI is InChI=1S/C11H10BrClN2O2S/c1-6(16)18-7-4-10(17)15(5-7)8-2-3-9(13)14-11(8)12/h2-3,7H,4-5H2,1H3. The number of amides is 1. The number of hydrogen-bond donors (Lipinski definition) is 0. The van der Waals surface area contributed by atoms with E-state index in [0.717, 1.165) is 0 Å². The number of carbonyl (C=O) groups is 2. The molecule has 1 amide bonds. The van der Waals surface area contributed by atoms with Crippen molar-refractivity contribution in [2.45, 2.75) is 18.6 Å². The van der Waals surface area contributed by atoms with Gasteiger partial charge in [-0.1, -0.05) is 23.4 Å². The maximum atomic E-state index is 11.9. The highest BCUT2D eigenvalue weighted by atomic mass is 79.9. The van der Waals surface area contributed by atoms with Gasteiger partial charge in [0.2, 0.25) is 5.91 Å². The molecule has 2 rings (SSSR count). The van der Waals surface area contributed by atoms with E-state index < -0.39 is 0 Å². The number of aromatic nitrogens is 1. The van der Waals surface area contributed by atoms with Crippen LogP contribution in [-0.2, 0) is 9.59 Å². The highest BCUT2D eigenvalue weighted by Crippen LogP contribution is 2.32. The Morgan fingerprint density at radius 3 is 2.94 bits per heavy atom. The predicted molar refractivity (Wildman–Crippen MR) is 76.0 cm³/mol. The number of nitrogens with zero attached hydrogens (tertiary/aromatic N) is 2. The lowest BCUT2D eigenvalue weighted by Crippen LogP contribution is -2.25. The van der Waals surface area contributed by atoms with Crippen LogP contribution in [0.3, 0.4) is 0 Å². The first kappa shape index (κ1) is 13.8. The van der Waals surface area contributed by atoms with Gasteiger partial charge in [0, 0.05) is 25.1 Å². The van der Waals surface area contributed by atoms with Crippen LogP contribution in [0.1, 0.15) is 13.3 Å². The van der Waals surface area contributed by atoms with Gasteiger partial charge in [-0.15, -0.1) is 0 Å². The molecular weight excluding hydrogens is 340 g/mol. The summed E-state index contributed by atoms with van der Waals surface area (Å²) in [6.45, 7) is 2.03. The van der Waals surface area contributed by atoms with Crippen molar-refractivity contribution in [3.63, 3.8) is 0 Å². The second-order valence-electron chi connectivity index (χ2n) is 3.88. The highest BCUT2D eigenvalue weighted by Gasteiger charge is 2.33. The summed E-state index contributed by atoms with van der Waals surface area (Å²) in [6, 6.07) is 3.39.